The van der Waals surface area contributed by atoms with Crippen molar-refractivity contribution in [3.63, 3.8) is 0 Å². The highest BCUT2D eigenvalue weighted by atomic mass is 16.5. The Kier molecular flexibility index (Phi) is 3.52. The van der Waals surface area contributed by atoms with Crippen LogP contribution in [0.2, 0.25) is 0 Å². The molecule has 4 heteroatoms. The van der Waals surface area contributed by atoms with E-state index in [2.05, 4.69) is 0 Å². The van der Waals surface area contributed by atoms with Crippen LogP contribution in [0.1, 0.15) is 12.5 Å². The standard InChI is InChI=1S/C9H13NO3/c1-2-13-9(11)8(10)5-7-3-4-12-6-7/h3-4,6,8H,2,5,10H2,1H3/t8-/m0/s1. The summed E-state index contributed by atoms with van der Waals surface area (Å²) in [7, 11) is 0. The van der Waals surface area contributed by atoms with Gasteiger partial charge in [0.2, 0.25) is 0 Å². The van der Waals surface area contributed by atoms with E-state index in [0.717, 1.165) is 5.56 Å². The molecule has 0 aliphatic carbocycles. The van der Waals surface area contributed by atoms with Gasteiger partial charge in [-0.05, 0) is 18.6 Å². The minimum absolute atomic E-state index is 0.359. The highest BCUT2D eigenvalue weighted by molar-refractivity contribution is 5.75. The van der Waals surface area contributed by atoms with E-state index in [4.69, 9.17) is 14.9 Å². The van der Waals surface area contributed by atoms with Gasteiger partial charge in [-0.2, -0.15) is 0 Å². The maximum Gasteiger partial charge on any atom is 0.323 e. The van der Waals surface area contributed by atoms with Gasteiger partial charge in [0.25, 0.3) is 0 Å². The molecule has 13 heavy (non-hydrogen) atoms. The number of carbonyl (C=O) groups excluding carboxylic acids is 1. The highest BCUT2D eigenvalue weighted by Crippen LogP contribution is 2.03. The lowest BCUT2D eigenvalue weighted by Crippen LogP contribution is -2.34. The maximum atomic E-state index is 11.1. The van der Waals surface area contributed by atoms with Crippen LogP contribution in [0.25, 0.3) is 0 Å². The average Bonchev–Trinajstić information content (AvgIpc) is 2.57. The van der Waals surface area contributed by atoms with Crippen molar-refractivity contribution in [1.82, 2.24) is 0 Å². The lowest BCUT2D eigenvalue weighted by Gasteiger charge is -2.08. The summed E-state index contributed by atoms with van der Waals surface area (Å²) in [5.41, 5.74) is 6.48. The Morgan fingerprint density at radius 1 is 1.77 bits per heavy atom. The van der Waals surface area contributed by atoms with E-state index in [1.165, 1.54) is 0 Å². The number of esters is 1. The van der Waals surface area contributed by atoms with Crippen LogP contribution >= 0.6 is 0 Å². The largest absolute Gasteiger partial charge is 0.472 e. The fourth-order valence-electron chi connectivity index (χ4n) is 0.995. The Morgan fingerprint density at radius 2 is 2.54 bits per heavy atom. The van der Waals surface area contributed by atoms with Gasteiger partial charge >= 0.3 is 5.97 Å². The van der Waals surface area contributed by atoms with Gasteiger partial charge in [0.15, 0.2) is 0 Å². The van der Waals surface area contributed by atoms with Crippen LogP contribution in [0.4, 0.5) is 0 Å². The fourth-order valence-corrected chi connectivity index (χ4v) is 0.995. The Balaban J connectivity index is 2.41. The molecular weight excluding hydrogens is 170 g/mol. The SMILES string of the molecule is CCOC(=O)[C@@H](N)Cc1ccoc1. The molecule has 0 bridgehead atoms. The van der Waals surface area contributed by atoms with Crippen LogP contribution in [0.15, 0.2) is 23.0 Å². The summed E-state index contributed by atoms with van der Waals surface area (Å²) in [6.45, 7) is 2.11. The molecule has 0 saturated heterocycles. The summed E-state index contributed by atoms with van der Waals surface area (Å²) in [5.74, 6) is -0.372. The van der Waals surface area contributed by atoms with Gasteiger partial charge in [0.1, 0.15) is 6.04 Å². The molecule has 0 aliphatic rings. The van der Waals surface area contributed by atoms with E-state index >= 15 is 0 Å². The second kappa shape index (κ2) is 4.67. The fraction of sp³-hybridized carbons (Fsp3) is 0.444. The van der Waals surface area contributed by atoms with Gasteiger partial charge in [-0.25, -0.2) is 0 Å². The van der Waals surface area contributed by atoms with Crippen molar-refractivity contribution in [3.05, 3.63) is 24.2 Å². The predicted molar refractivity (Wildman–Crippen MR) is 47.0 cm³/mol. The Bertz CT molecular complexity index is 256. The van der Waals surface area contributed by atoms with E-state index in [9.17, 15) is 4.79 Å². The second-order valence-electron chi connectivity index (χ2n) is 2.69. The molecule has 0 spiro atoms. The summed E-state index contributed by atoms with van der Waals surface area (Å²) >= 11 is 0. The summed E-state index contributed by atoms with van der Waals surface area (Å²) in [4.78, 5) is 11.1. The quantitative estimate of drug-likeness (QED) is 0.698. The smallest absolute Gasteiger partial charge is 0.323 e. The minimum Gasteiger partial charge on any atom is -0.472 e. The highest BCUT2D eigenvalue weighted by Gasteiger charge is 2.15. The van der Waals surface area contributed by atoms with Crippen LogP contribution in [0.5, 0.6) is 0 Å². The van der Waals surface area contributed by atoms with Gasteiger partial charge in [-0.1, -0.05) is 0 Å². The molecule has 0 unspecified atom stereocenters. The Morgan fingerprint density at radius 3 is 3.08 bits per heavy atom. The first-order valence-electron chi connectivity index (χ1n) is 4.17. The number of hydrogen-bond acceptors (Lipinski definition) is 4. The van der Waals surface area contributed by atoms with E-state index in [0.29, 0.717) is 13.0 Å². The van der Waals surface area contributed by atoms with Crippen LogP contribution in [-0.4, -0.2) is 18.6 Å². The summed E-state index contributed by atoms with van der Waals surface area (Å²) in [5, 5.41) is 0. The average molecular weight is 183 g/mol. The van der Waals surface area contributed by atoms with E-state index in [-0.39, 0.29) is 5.97 Å². The number of rotatable bonds is 4. The number of nitrogens with two attached hydrogens (primary N) is 1. The van der Waals surface area contributed by atoms with Crippen molar-refractivity contribution < 1.29 is 13.9 Å². The monoisotopic (exact) mass is 183 g/mol. The molecule has 1 rings (SSSR count). The molecule has 2 N–H and O–H groups in total. The van der Waals surface area contributed by atoms with Gasteiger partial charge in [0, 0.05) is 6.42 Å². The second-order valence-corrected chi connectivity index (χ2v) is 2.69. The van der Waals surface area contributed by atoms with Gasteiger partial charge < -0.3 is 14.9 Å². The molecule has 0 aromatic carbocycles. The van der Waals surface area contributed by atoms with Gasteiger partial charge in [-0.3, -0.25) is 4.79 Å². The normalized spacial score (nSPS) is 12.5. The van der Waals surface area contributed by atoms with Gasteiger partial charge in [0.05, 0.1) is 19.1 Å². The molecule has 0 saturated carbocycles. The molecule has 1 heterocycles. The molecule has 4 nitrogen and oxygen atoms in total. The van der Waals surface area contributed by atoms with E-state index in [1.807, 2.05) is 0 Å². The van der Waals surface area contributed by atoms with Crippen LogP contribution in [0, 0.1) is 0 Å². The number of furan rings is 1. The molecule has 1 aromatic rings. The van der Waals surface area contributed by atoms with Crippen molar-refractivity contribution in [3.8, 4) is 0 Å². The predicted octanol–water partition coefficient (Wildman–Crippen LogP) is 0.712. The molecule has 0 amide bonds. The van der Waals surface area contributed by atoms with E-state index in [1.54, 1.807) is 25.5 Å². The van der Waals surface area contributed by atoms with Crippen molar-refractivity contribution in [2.45, 2.75) is 19.4 Å². The topological polar surface area (TPSA) is 65.5 Å². The maximum absolute atomic E-state index is 11.1. The molecule has 1 atom stereocenters. The minimum atomic E-state index is -0.599. The number of carbonyl (C=O) groups is 1. The van der Waals surface area contributed by atoms with Crippen molar-refractivity contribution in [1.29, 1.82) is 0 Å². The summed E-state index contributed by atoms with van der Waals surface area (Å²) < 4.78 is 9.61. The van der Waals surface area contributed by atoms with E-state index < -0.39 is 6.04 Å². The third-order valence-electron chi connectivity index (χ3n) is 1.63. The van der Waals surface area contributed by atoms with Crippen LogP contribution in [-0.2, 0) is 16.0 Å². The number of ether oxygens (including phenoxy) is 1. The van der Waals surface area contributed by atoms with Crippen LogP contribution in [0.3, 0.4) is 0 Å². The zero-order valence-electron chi connectivity index (χ0n) is 7.53. The Hall–Kier alpha value is -1.29. The van der Waals surface area contributed by atoms with Crippen LogP contribution < -0.4 is 5.73 Å². The molecule has 1 aromatic heterocycles. The summed E-state index contributed by atoms with van der Waals surface area (Å²) in [6.07, 6.45) is 3.57. The van der Waals surface area contributed by atoms with Gasteiger partial charge in [-0.15, -0.1) is 0 Å². The molecule has 0 aliphatic heterocycles. The molecular formula is C9H13NO3. The molecule has 72 valence electrons. The lowest BCUT2D eigenvalue weighted by atomic mass is 10.1. The van der Waals surface area contributed by atoms with Crippen molar-refractivity contribution in [2.75, 3.05) is 6.61 Å². The first-order valence-corrected chi connectivity index (χ1v) is 4.17. The first kappa shape index (κ1) is 9.80. The zero-order valence-corrected chi connectivity index (χ0v) is 7.53. The number of hydrogen-bond donors (Lipinski definition) is 1. The third-order valence-corrected chi connectivity index (χ3v) is 1.63. The zero-order chi connectivity index (χ0) is 9.68. The third kappa shape index (κ3) is 2.91. The summed E-state index contributed by atoms with van der Waals surface area (Å²) in [6, 6.07) is 1.18. The molecule has 0 fully saturated rings. The van der Waals surface area contributed by atoms with Crippen molar-refractivity contribution >= 4 is 5.97 Å². The Labute approximate surface area is 76.7 Å². The lowest BCUT2D eigenvalue weighted by molar-refractivity contribution is -0.144. The van der Waals surface area contributed by atoms with Crippen molar-refractivity contribution in [2.24, 2.45) is 5.73 Å². The molecule has 0 radical (unpaired) electrons. The first-order chi connectivity index (χ1) is 6.24.